The number of thiophene rings is 1. The van der Waals surface area contributed by atoms with Gasteiger partial charge in [0.25, 0.3) is 5.91 Å². The summed E-state index contributed by atoms with van der Waals surface area (Å²) in [7, 11) is 0. The quantitative estimate of drug-likeness (QED) is 0.922. The summed E-state index contributed by atoms with van der Waals surface area (Å²) < 4.78 is 1.69. The van der Waals surface area contributed by atoms with E-state index < -0.39 is 0 Å². The first kappa shape index (κ1) is 14.2. The third-order valence-corrected chi connectivity index (χ3v) is 4.68. The molecule has 0 unspecified atom stereocenters. The van der Waals surface area contributed by atoms with Crippen molar-refractivity contribution in [1.29, 1.82) is 0 Å². The lowest BCUT2D eigenvalue weighted by Crippen LogP contribution is -2.39. The van der Waals surface area contributed by atoms with Gasteiger partial charge in [0.2, 0.25) is 0 Å². The molecule has 1 fully saturated rings. The number of piperidine rings is 1. The second-order valence-electron chi connectivity index (χ2n) is 5.30. The van der Waals surface area contributed by atoms with E-state index in [1.807, 2.05) is 17.5 Å². The second kappa shape index (κ2) is 6.36. The van der Waals surface area contributed by atoms with Crippen LogP contribution in [0.25, 0.3) is 0 Å². The molecule has 2 aromatic rings. The highest BCUT2D eigenvalue weighted by Crippen LogP contribution is 2.18. The Morgan fingerprint density at radius 2 is 2.24 bits per heavy atom. The molecule has 3 rings (SSSR count). The molecule has 1 amide bonds. The number of nitrogens with zero attached hydrogens (tertiary/aromatic N) is 4. The Morgan fingerprint density at radius 1 is 1.43 bits per heavy atom. The molecule has 0 bridgehead atoms. The third-order valence-electron chi connectivity index (χ3n) is 3.82. The number of amides is 1. The first-order valence-corrected chi connectivity index (χ1v) is 7.97. The summed E-state index contributed by atoms with van der Waals surface area (Å²) in [5.41, 5.74) is 0.397. The molecular formula is C14H18N4O2S. The first-order valence-electron chi connectivity index (χ1n) is 7.09. The Hall–Kier alpha value is -1.73. The lowest BCUT2D eigenvalue weighted by atomic mass is 9.98. The van der Waals surface area contributed by atoms with E-state index in [4.69, 9.17) is 5.11 Å². The van der Waals surface area contributed by atoms with Crippen LogP contribution in [0.2, 0.25) is 0 Å². The van der Waals surface area contributed by atoms with E-state index in [9.17, 15) is 4.79 Å². The molecule has 0 saturated carbocycles. The average molecular weight is 306 g/mol. The molecule has 1 N–H and O–H groups in total. The standard InChI is InChI=1S/C14H18N4O2S/c19-10-11-3-5-17(6-4-11)14(20)13-9-18(16-15-13)8-12-2-1-7-21-12/h1-2,7,9,11,19H,3-6,8,10H2. The summed E-state index contributed by atoms with van der Waals surface area (Å²) >= 11 is 1.66. The maximum atomic E-state index is 12.4. The van der Waals surface area contributed by atoms with Crippen molar-refractivity contribution in [2.75, 3.05) is 19.7 Å². The number of likely N-dealkylation sites (tertiary alicyclic amines) is 1. The van der Waals surface area contributed by atoms with Gasteiger partial charge in [0.15, 0.2) is 5.69 Å². The predicted octanol–water partition coefficient (Wildman–Crippen LogP) is 1.23. The Kier molecular flexibility index (Phi) is 4.31. The molecule has 21 heavy (non-hydrogen) atoms. The molecule has 7 heteroatoms. The lowest BCUT2D eigenvalue weighted by molar-refractivity contribution is 0.0645. The van der Waals surface area contributed by atoms with Crippen molar-refractivity contribution in [2.24, 2.45) is 5.92 Å². The van der Waals surface area contributed by atoms with Crippen LogP contribution in [-0.4, -0.2) is 50.6 Å². The van der Waals surface area contributed by atoms with E-state index in [1.165, 1.54) is 4.88 Å². The number of hydrogen-bond donors (Lipinski definition) is 1. The maximum Gasteiger partial charge on any atom is 0.276 e. The zero-order chi connectivity index (χ0) is 14.7. The van der Waals surface area contributed by atoms with Crippen molar-refractivity contribution in [3.63, 3.8) is 0 Å². The number of aliphatic hydroxyl groups is 1. The van der Waals surface area contributed by atoms with Crippen LogP contribution in [0.4, 0.5) is 0 Å². The van der Waals surface area contributed by atoms with Crippen molar-refractivity contribution in [3.8, 4) is 0 Å². The van der Waals surface area contributed by atoms with Crippen LogP contribution in [-0.2, 0) is 6.54 Å². The number of hydrogen-bond acceptors (Lipinski definition) is 5. The van der Waals surface area contributed by atoms with Crippen molar-refractivity contribution >= 4 is 17.2 Å². The van der Waals surface area contributed by atoms with E-state index in [2.05, 4.69) is 10.3 Å². The van der Waals surface area contributed by atoms with Crippen LogP contribution in [0.15, 0.2) is 23.7 Å². The number of carbonyl (C=O) groups is 1. The molecule has 3 heterocycles. The van der Waals surface area contributed by atoms with Crippen molar-refractivity contribution < 1.29 is 9.90 Å². The van der Waals surface area contributed by atoms with E-state index in [-0.39, 0.29) is 12.5 Å². The zero-order valence-electron chi connectivity index (χ0n) is 11.7. The fraction of sp³-hybridized carbons (Fsp3) is 0.500. The normalized spacial score (nSPS) is 16.3. The minimum absolute atomic E-state index is 0.0659. The van der Waals surface area contributed by atoms with Gasteiger partial charge in [0.1, 0.15) is 0 Å². The summed E-state index contributed by atoms with van der Waals surface area (Å²) in [6.45, 7) is 2.22. The number of aliphatic hydroxyl groups excluding tert-OH is 1. The van der Waals surface area contributed by atoms with Crippen molar-refractivity contribution in [2.45, 2.75) is 19.4 Å². The van der Waals surface area contributed by atoms with Gasteiger partial charge in [0.05, 0.1) is 12.7 Å². The Balaban J connectivity index is 1.62. The van der Waals surface area contributed by atoms with E-state index in [1.54, 1.807) is 27.1 Å². The van der Waals surface area contributed by atoms with Crippen molar-refractivity contribution in [3.05, 3.63) is 34.3 Å². The molecule has 2 aromatic heterocycles. The molecule has 6 nitrogen and oxygen atoms in total. The molecule has 1 aliphatic heterocycles. The van der Waals surface area contributed by atoms with Gasteiger partial charge >= 0.3 is 0 Å². The van der Waals surface area contributed by atoms with Crippen LogP contribution < -0.4 is 0 Å². The molecule has 0 aliphatic carbocycles. The topological polar surface area (TPSA) is 71.2 Å². The van der Waals surface area contributed by atoms with Gasteiger partial charge < -0.3 is 10.0 Å². The number of carbonyl (C=O) groups excluding carboxylic acids is 1. The van der Waals surface area contributed by atoms with Gasteiger partial charge in [-0.1, -0.05) is 11.3 Å². The summed E-state index contributed by atoms with van der Waals surface area (Å²) in [6, 6.07) is 4.03. The SMILES string of the molecule is O=C(c1cn(Cc2cccs2)nn1)N1CCC(CO)CC1. The Morgan fingerprint density at radius 3 is 2.90 bits per heavy atom. The summed E-state index contributed by atoms with van der Waals surface area (Å²) in [4.78, 5) is 15.3. The van der Waals surface area contributed by atoms with Gasteiger partial charge in [0, 0.05) is 24.6 Å². The molecule has 112 valence electrons. The predicted molar refractivity (Wildman–Crippen MR) is 79.2 cm³/mol. The zero-order valence-corrected chi connectivity index (χ0v) is 12.5. The third kappa shape index (κ3) is 3.30. The van der Waals surface area contributed by atoms with Gasteiger partial charge in [-0.15, -0.1) is 16.4 Å². The lowest BCUT2D eigenvalue weighted by Gasteiger charge is -2.30. The minimum atomic E-state index is -0.0659. The number of aromatic nitrogens is 3. The van der Waals surface area contributed by atoms with E-state index >= 15 is 0 Å². The van der Waals surface area contributed by atoms with Gasteiger partial charge in [-0.25, -0.2) is 4.68 Å². The highest BCUT2D eigenvalue weighted by atomic mass is 32.1. The molecular weight excluding hydrogens is 288 g/mol. The van der Waals surface area contributed by atoms with Gasteiger partial charge in [-0.2, -0.15) is 0 Å². The average Bonchev–Trinajstić information content (AvgIpc) is 3.19. The van der Waals surface area contributed by atoms with Crippen LogP contribution in [0.1, 0.15) is 28.2 Å². The van der Waals surface area contributed by atoms with Crippen LogP contribution >= 0.6 is 11.3 Å². The smallest absolute Gasteiger partial charge is 0.276 e. The van der Waals surface area contributed by atoms with Crippen molar-refractivity contribution in [1.82, 2.24) is 19.9 Å². The molecule has 1 saturated heterocycles. The summed E-state index contributed by atoms with van der Waals surface area (Å²) in [5, 5.41) is 19.2. The molecule has 0 spiro atoms. The van der Waals surface area contributed by atoms with E-state index in [0.717, 1.165) is 12.8 Å². The highest BCUT2D eigenvalue weighted by Gasteiger charge is 2.24. The number of rotatable bonds is 4. The summed E-state index contributed by atoms with van der Waals surface area (Å²) in [5.74, 6) is 0.257. The fourth-order valence-corrected chi connectivity index (χ4v) is 3.21. The second-order valence-corrected chi connectivity index (χ2v) is 6.33. The Bertz CT molecular complexity index is 588. The van der Waals surface area contributed by atoms with Crippen LogP contribution in [0.5, 0.6) is 0 Å². The molecule has 0 radical (unpaired) electrons. The minimum Gasteiger partial charge on any atom is -0.396 e. The molecule has 0 atom stereocenters. The van der Waals surface area contributed by atoms with Gasteiger partial charge in [-0.05, 0) is 30.2 Å². The van der Waals surface area contributed by atoms with Crippen LogP contribution in [0.3, 0.4) is 0 Å². The molecule has 1 aliphatic rings. The van der Waals surface area contributed by atoms with Gasteiger partial charge in [-0.3, -0.25) is 4.79 Å². The van der Waals surface area contributed by atoms with Crippen LogP contribution in [0, 0.1) is 5.92 Å². The Labute approximate surface area is 127 Å². The van der Waals surface area contributed by atoms with E-state index in [0.29, 0.717) is 31.2 Å². The summed E-state index contributed by atoms with van der Waals surface area (Å²) in [6.07, 6.45) is 3.41. The largest absolute Gasteiger partial charge is 0.396 e. The first-order chi connectivity index (χ1) is 10.3. The fourth-order valence-electron chi connectivity index (χ4n) is 2.52. The monoisotopic (exact) mass is 306 g/mol. The molecule has 0 aromatic carbocycles. The maximum absolute atomic E-state index is 12.4. The highest BCUT2D eigenvalue weighted by molar-refractivity contribution is 7.09.